The van der Waals surface area contributed by atoms with E-state index in [0.717, 1.165) is 16.8 Å². The lowest BCUT2D eigenvalue weighted by Gasteiger charge is -2.20. The third-order valence-electron chi connectivity index (χ3n) is 2.26. The van der Waals surface area contributed by atoms with Crippen molar-refractivity contribution >= 4 is 5.57 Å². The average Bonchev–Trinajstić information content (AvgIpc) is 2.42. The van der Waals surface area contributed by atoms with E-state index in [0.29, 0.717) is 0 Å². The maximum Gasteiger partial charge on any atom is 0.166 e. The molecule has 64 valence electrons. The van der Waals surface area contributed by atoms with Crippen LogP contribution in [0.25, 0.3) is 5.57 Å². The summed E-state index contributed by atoms with van der Waals surface area (Å²) in [5.74, 6) is 0. The van der Waals surface area contributed by atoms with Gasteiger partial charge in [0.15, 0.2) is 6.23 Å². The van der Waals surface area contributed by atoms with Gasteiger partial charge < -0.3 is 15.0 Å². The Morgan fingerprint density at radius 2 is 2.33 bits per heavy atom. The van der Waals surface area contributed by atoms with Gasteiger partial charge in [-0.2, -0.15) is 0 Å². The van der Waals surface area contributed by atoms with E-state index in [9.17, 15) is 5.11 Å². The van der Waals surface area contributed by atoms with E-state index in [1.807, 2.05) is 37.0 Å². The fraction of sp³-hybridized carbons (Fsp3) is 0.333. The third-order valence-corrected chi connectivity index (χ3v) is 2.26. The Balaban J connectivity index is 2.61. The molecule has 1 aromatic rings. The van der Waals surface area contributed by atoms with Crippen molar-refractivity contribution in [1.29, 1.82) is 0 Å². The number of nitrogens with one attached hydrogen (secondary N) is 1. The van der Waals surface area contributed by atoms with Gasteiger partial charge in [-0.05, 0) is 18.6 Å². The van der Waals surface area contributed by atoms with Gasteiger partial charge in [-0.25, -0.2) is 0 Å². The topological polar surface area (TPSA) is 37.2 Å². The molecule has 12 heavy (non-hydrogen) atoms. The Morgan fingerprint density at radius 3 is 3.00 bits per heavy atom. The summed E-state index contributed by atoms with van der Waals surface area (Å²) < 4.78 is 1.93. The van der Waals surface area contributed by atoms with Crippen molar-refractivity contribution < 1.29 is 5.11 Å². The van der Waals surface area contributed by atoms with Crippen molar-refractivity contribution in [2.75, 3.05) is 0 Å². The Bertz CT molecular complexity index is 338. The highest BCUT2D eigenvalue weighted by molar-refractivity contribution is 5.67. The number of aromatic nitrogens is 1. The van der Waals surface area contributed by atoms with Crippen LogP contribution in [-0.4, -0.2) is 9.67 Å². The van der Waals surface area contributed by atoms with Gasteiger partial charge >= 0.3 is 0 Å². The van der Waals surface area contributed by atoms with Crippen LogP contribution in [0, 0.1) is 0 Å². The second kappa shape index (κ2) is 2.38. The fourth-order valence-corrected chi connectivity index (χ4v) is 1.58. The minimum Gasteiger partial charge on any atom is -0.368 e. The number of fused-ring (bicyclic) bond motifs is 1. The molecule has 1 unspecified atom stereocenters. The molecule has 2 N–H and O–H groups in total. The summed E-state index contributed by atoms with van der Waals surface area (Å²) in [7, 11) is 1.93. The highest BCUT2D eigenvalue weighted by Gasteiger charge is 2.19. The molecule has 1 aliphatic heterocycles. The number of aliphatic hydroxyl groups is 1. The van der Waals surface area contributed by atoms with Crippen LogP contribution >= 0.6 is 0 Å². The predicted molar refractivity (Wildman–Crippen MR) is 47.2 cm³/mol. The predicted octanol–water partition coefficient (Wildman–Crippen LogP) is 0.980. The van der Waals surface area contributed by atoms with E-state index < -0.39 is 6.23 Å². The first kappa shape index (κ1) is 7.43. The summed E-state index contributed by atoms with van der Waals surface area (Å²) in [6.07, 6.45) is 3.23. The zero-order valence-corrected chi connectivity index (χ0v) is 7.20. The van der Waals surface area contributed by atoms with Crippen LogP contribution in [0.2, 0.25) is 0 Å². The molecular weight excluding hydrogens is 152 g/mol. The monoisotopic (exact) mass is 164 g/mol. The minimum atomic E-state index is -0.566. The largest absolute Gasteiger partial charge is 0.368 e. The average molecular weight is 164 g/mol. The van der Waals surface area contributed by atoms with Crippen LogP contribution in [-0.2, 0) is 7.05 Å². The maximum atomic E-state index is 9.57. The van der Waals surface area contributed by atoms with Gasteiger partial charge in [0.05, 0.1) is 5.69 Å². The van der Waals surface area contributed by atoms with E-state index in [2.05, 4.69) is 5.32 Å². The first-order chi connectivity index (χ1) is 5.70. The Labute approximate surface area is 71.3 Å². The van der Waals surface area contributed by atoms with Gasteiger partial charge in [0.25, 0.3) is 0 Å². The summed E-state index contributed by atoms with van der Waals surface area (Å²) in [5, 5.41) is 12.5. The van der Waals surface area contributed by atoms with E-state index in [-0.39, 0.29) is 0 Å². The van der Waals surface area contributed by atoms with Crippen LogP contribution in [0.3, 0.4) is 0 Å². The molecule has 0 aliphatic carbocycles. The lowest BCUT2D eigenvalue weighted by atomic mass is 10.1. The quantitative estimate of drug-likeness (QED) is 0.599. The van der Waals surface area contributed by atoms with E-state index in [4.69, 9.17) is 0 Å². The van der Waals surface area contributed by atoms with E-state index >= 15 is 0 Å². The molecule has 2 heterocycles. The molecule has 0 spiro atoms. The third kappa shape index (κ3) is 0.865. The molecule has 0 saturated carbocycles. The summed E-state index contributed by atoms with van der Waals surface area (Å²) in [6, 6.07) is 2.02. The van der Waals surface area contributed by atoms with Crippen molar-refractivity contribution in [2.45, 2.75) is 13.2 Å². The molecule has 1 aliphatic rings. The molecule has 0 aromatic carbocycles. The summed E-state index contributed by atoms with van der Waals surface area (Å²) in [5.41, 5.74) is 3.23. The van der Waals surface area contributed by atoms with Crippen LogP contribution in [0.1, 0.15) is 24.4 Å². The first-order valence-corrected chi connectivity index (χ1v) is 3.96. The van der Waals surface area contributed by atoms with E-state index in [1.54, 1.807) is 0 Å². The zero-order valence-electron chi connectivity index (χ0n) is 7.20. The molecule has 0 amide bonds. The Morgan fingerprint density at radius 1 is 1.58 bits per heavy atom. The van der Waals surface area contributed by atoms with Gasteiger partial charge in [0.2, 0.25) is 0 Å². The van der Waals surface area contributed by atoms with Crippen molar-refractivity contribution in [2.24, 2.45) is 7.05 Å². The SMILES string of the molecule is CC1=CNC(O)c2c1ccn2C. The van der Waals surface area contributed by atoms with Gasteiger partial charge in [0.1, 0.15) is 0 Å². The lowest BCUT2D eigenvalue weighted by molar-refractivity contribution is 0.146. The normalized spacial score (nSPS) is 21.2. The number of nitrogens with zero attached hydrogens (tertiary/aromatic N) is 1. The van der Waals surface area contributed by atoms with Crippen LogP contribution < -0.4 is 5.32 Å². The molecule has 1 atom stereocenters. The number of aryl methyl sites for hydroxylation is 1. The fourth-order valence-electron chi connectivity index (χ4n) is 1.58. The van der Waals surface area contributed by atoms with Gasteiger partial charge in [-0.3, -0.25) is 0 Å². The van der Waals surface area contributed by atoms with Crippen LogP contribution in [0.15, 0.2) is 18.5 Å². The molecule has 0 saturated heterocycles. The van der Waals surface area contributed by atoms with Crippen LogP contribution in [0.5, 0.6) is 0 Å². The second-order valence-electron chi connectivity index (χ2n) is 3.12. The number of rotatable bonds is 0. The number of aliphatic hydroxyl groups excluding tert-OH is 1. The smallest absolute Gasteiger partial charge is 0.166 e. The first-order valence-electron chi connectivity index (χ1n) is 3.96. The van der Waals surface area contributed by atoms with Crippen LogP contribution in [0.4, 0.5) is 0 Å². The second-order valence-corrected chi connectivity index (χ2v) is 3.12. The summed E-state index contributed by atoms with van der Waals surface area (Å²) in [4.78, 5) is 0. The Hall–Kier alpha value is -1.22. The zero-order chi connectivity index (χ0) is 8.72. The Kier molecular flexibility index (Phi) is 1.48. The lowest BCUT2D eigenvalue weighted by Crippen LogP contribution is -2.22. The van der Waals surface area contributed by atoms with Crippen molar-refractivity contribution in [3.63, 3.8) is 0 Å². The minimum absolute atomic E-state index is 0.566. The standard InChI is InChI=1S/C9H12N2O/c1-6-5-10-9(12)8-7(6)3-4-11(8)2/h3-5,9-10,12H,1-2H3. The molecule has 1 aromatic heterocycles. The van der Waals surface area contributed by atoms with Gasteiger partial charge in [0, 0.05) is 25.0 Å². The molecule has 0 bridgehead atoms. The van der Waals surface area contributed by atoms with E-state index in [1.165, 1.54) is 0 Å². The van der Waals surface area contributed by atoms with Crippen molar-refractivity contribution in [3.05, 3.63) is 29.7 Å². The van der Waals surface area contributed by atoms with Gasteiger partial charge in [-0.15, -0.1) is 0 Å². The summed E-state index contributed by atoms with van der Waals surface area (Å²) >= 11 is 0. The molecule has 3 heteroatoms. The molecular formula is C9H12N2O. The van der Waals surface area contributed by atoms with Crippen molar-refractivity contribution in [1.82, 2.24) is 9.88 Å². The molecule has 3 nitrogen and oxygen atoms in total. The molecule has 0 fully saturated rings. The number of hydrogen-bond acceptors (Lipinski definition) is 2. The summed E-state index contributed by atoms with van der Waals surface area (Å²) in [6.45, 7) is 2.03. The highest BCUT2D eigenvalue weighted by Crippen LogP contribution is 2.27. The molecule has 0 radical (unpaired) electrons. The van der Waals surface area contributed by atoms with Gasteiger partial charge in [-0.1, -0.05) is 0 Å². The number of allylic oxidation sites excluding steroid dienone is 1. The number of hydrogen-bond donors (Lipinski definition) is 2. The highest BCUT2D eigenvalue weighted by atomic mass is 16.3. The van der Waals surface area contributed by atoms with Crippen molar-refractivity contribution in [3.8, 4) is 0 Å². The maximum absolute atomic E-state index is 9.57. The molecule has 2 rings (SSSR count).